The van der Waals surface area contributed by atoms with Crippen molar-refractivity contribution in [1.29, 1.82) is 0 Å². The Morgan fingerprint density at radius 3 is 2.46 bits per heavy atom. The minimum absolute atomic E-state index is 0.0961. The number of nitrogens with zero attached hydrogens (tertiary/aromatic N) is 3. The summed E-state index contributed by atoms with van der Waals surface area (Å²) in [6.07, 6.45) is 5.84. The Morgan fingerprint density at radius 2 is 1.77 bits per heavy atom. The van der Waals surface area contributed by atoms with Gasteiger partial charge in [-0.3, -0.25) is 4.98 Å². The van der Waals surface area contributed by atoms with Gasteiger partial charge in [-0.2, -0.15) is 0 Å². The zero-order valence-corrected chi connectivity index (χ0v) is 19.8. The van der Waals surface area contributed by atoms with Gasteiger partial charge in [0.2, 0.25) is 0 Å². The first kappa shape index (κ1) is 22.5. The number of amides is 1. The van der Waals surface area contributed by atoms with Crippen molar-refractivity contribution in [2.75, 3.05) is 57.5 Å². The van der Waals surface area contributed by atoms with Gasteiger partial charge in [-0.15, -0.1) is 0 Å². The van der Waals surface area contributed by atoms with Crippen LogP contribution in [-0.2, 0) is 26.2 Å². The van der Waals surface area contributed by atoms with E-state index < -0.39 is 5.60 Å². The summed E-state index contributed by atoms with van der Waals surface area (Å²) in [5.41, 5.74) is 5.96. The molecule has 1 aromatic heterocycles. The summed E-state index contributed by atoms with van der Waals surface area (Å²) in [7, 11) is 0. The largest absolute Gasteiger partial charge is 0.441 e. The smallest absolute Gasteiger partial charge is 0.410 e. The van der Waals surface area contributed by atoms with Gasteiger partial charge in [0.1, 0.15) is 0 Å². The molecule has 2 aromatic rings. The highest BCUT2D eigenvalue weighted by atomic mass is 16.6. The van der Waals surface area contributed by atoms with Crippen molar-refractivity contribution < 1.29 is 24.1 Å². The fourth-order valence-electron chi connectivity index (χ4n) is 5.29. The van der Waals surface area contributed by atoms with E-state index in [1.165, 1.54) is 11.3 Å². The number of piperazine rings is 1. The molecule has 6 rings (SSSR count). The summed E-state index contributed by atoms with van der Waals surface area (Å²) >= 11 is 0. The maximum atomic E-state index is 12.4. The number of carbonyl (C=O) groups is 1. The SMILES string of the molecule is O=C(OC1COC1)N1CCN(c2ccnc3c2C=C(c2ccc(C4(O)CCOCC4)cc2)C3)CC1. The van der Waals surface area contributed by atoms with E-state index in [0.29, 0.717) is 52.4 Å². The lowest BCUT2D eigenvalue weighted by Gasteiger charge is -2.37. The summed E-state index contributed by atoms with van der Waals surface area (Å²) in [6, 6.07) is 10.4. The number of benzene rings is 1. The number of ether oxygens (including phenoxy) is 3. The number of aliphatic hydroxyl groups is 1. The molecule has 3 saturated heterocycles. The number of fused-ring (bicyclic) bond motifs is 1. The molecule has 184 valence electrons. The van der Waals surface area contributed by atoms with Gasteiger partial charge in [0.05, 0.1) is 24.5 Å². The van der Waals surface area contributed by atoms with E-state index in [1.807, 2.05) is 18.3 Å². The van der Waals surface area contributed by atoms with Crippen molar-refractivity contribution in [2.45, 2.75) is 31.0 Å². The first-order valence-corrected chi connectivity index (χ1v) is 12.5. The molecule has 3 aliphatic heterocycles. The first-order chi connectivity index (χ1) is 17.1. The lowest BCUT2D eigenvalue weighted by molar-refractivity contribution is -0.104. The Balaban J connectivity index is 1.14. The second-order valence-electron chi connectivity index (χ2n) is 9.78. The third-order valence-electron chi connectivity index (χ3n) is 7.59. The van der Waals surface area contributed by atoms with Crippen molar-refractivity contribution in [3.8, 4) is 0 Å². The van der Waals surface area contributed by atoms with E-state index in [1.54, 1.807) is 4.90 Å². The van der Waals surface area contributed by atoms with Crippen LogP contribution in [-0.4, -0.2) is 79.8 Å². The zero-order valence-electron chi connectivity index (χ0n) is 19.8. The summed E-state index contributed by atoms with van der Waals surface area (Å²) in [4.78, 5) is 21.1. The Kier molecular flexibility index (Phi) is 5.96. The van der Waals surface area contributed by atoms with Crippen LogP contribution in [0.1, 0.15) is 35.2 Å². The molecule has 0 spiro atoms. The number of anilines is 1. The lowest BCUT2D eigenvalue weighted by atomic mass is 9.85. The van der Waals surface area contributed by atoms with Gasteiger partial charge in [-0.1, -0.05) is 24.3 Å². The van der Waals surface area contributed by atoms with Crippen LogP contribution < -0.4 is 4.90 Å². The summed E-state index contributed by atoms with van der Waals surface area (Å²) in [5.74, 6) is 0. The number of allylic oxidation sites excluding steroid dienone is 1. The Bertz CT molecular complexity index is 1110. The van der Waals surface area contributed by atoms with Crippen molar-refractivity contribution in [3.05, 3.63) is 58.9 Å². The number of rotatable bonds is 4. The standard InChI is InChI=1S/C27H31N3O5/c31-26(35-22-17-34-18-22)30-11-9-29(10-12-30)25-5-8-28-24-16-20(15-23(24)25)19-1-3-21(4-2-19)27(32)6-13-33-14-7-27/h1-5,8,15,22,32H,6-7,9-14,16-18H2. The molecule has 1 N–H and O–H groups in total. The van der Waals surface area contributed by atoms with E-state index >= 15 is 0 Å². The van der Waals surface area contributed by atoms with E-state index in [0.717, 1.165) is 41.9 Å². The topological polar surface area (TPSA) is 84.4 Å². The molecule has 0 bridgehead atoms. The molecule has 4 heterocycles. The Labute approximate surface area is 205 Å². The summed E-state index contributed by atoms with van der Waals surface area (Å²) in [6.45, 7) is 4.98. The quantitative estimate of drug-likeness (QED) is 0.725. The minimum atomic E-state index is -0.793. The van der Waals surface area contributed by atoms with Gasteiger partial charge in [-0.05, 0) is 28.8 Å². The van der Waals surface area contributed by atoms with Crippen LogP contribution in [0.2, 0.25) is 0 Å². The van der Waals surface area contributed by atoms with Crippen molar-refractivity contribution in [3.63, 3.8) is 0 Å². The predicted molar refractivity (Wildman–Crippen MR) is 131 cm³/mol. The third kappa shape index (κ3) is 4.42. The van der Waals surface area contributed by atoms with Crippen molar-refractivity contribution in [1.82, 2.24) is 9.88 Å². The maximum absolute atomic E-state index is 12.4. The molecule has 1 amide bonds. The number of pyridine rings is 1. The second kappa shape index (κ2) is 9.26. The third-order valence-corrected chi connectivity index (χ3v) is 7.59. The number of carbonyl (C=O) groups excluding carboxylic acids is 1. The van der Waals surface area contributed by atoms with Crippen LogP contribution >= 0.6 is 0 Å². The minimum Gasteiger partial charge on any atom is -0.441 e. The van der Waals surface area contributed by atoms with Gasteiger partial charge in [0, 0.05) is 76.1 Å². The molecule has 8 heteroatoms. The average Bonchev–Trinajstić information content (AvgIpc) is 3.31. The normalized spacial score (nSPS) is 21.8. The van der Waals surface area contributed by atoms with Gasteiger partial charge in [0.25, 0.3) is 0 Å². The van der Waals surface area contributed by atoms with Crippen molar-refractivity contribution >= 4 is 23.4 Å². The lowest BCUT2D eigenvalue weighted by Crippen LogP contribution is -2.51. The van der Waals surface area contributed by atoms with E-state index in [-0.39, 0.29) is 12.2 Å². The highest BCUT2D eigenvalue weighted by Crippen LogP contribution is 2.38. The number of hydrogen-bond donors (Lipinski definition) is 1. The molecule has 3 fully saturated rings. The van der Waals surface area contributed by atoms with E-state index in [9.17, 15) is 9.90 Å². The Morgan fingerprint density at radius 1 is 1.03 bits per heavy atom. The van der Waals surface area contributed by atoms with Crippen LogP contribution in [0.15, 0.2) is 36.5 Å². The fourth-order valence-corrected chi connectivity index (χ4v) is 5.29. The first-order valence-electron chi connectivity index (χ1n) is 12.5. The Hall–Kier alpha value is -2.94. The van der Waals surface area contributed by atoms with Crippen LogP contribution in [0.25, 0.3) is 11.6 Å². The molecule has 0 radical (unpaired) electrons. The van der Waals surface area contributed by atoms with Gasteiger partial charge < -0.3 is 29.1 Å². The van der Waals surface area contributed by atoms with Gasteiger partial charge >= 0.3 is 6.09 Å². The zero-order chi connectivity index (χ0) is 23.8. The molecule has 4 aliphatic rings. The van der Waals surface area contributed by atoms with Gasteiger partial charge in [-0.25, -0.2) is 4.79 Å². The molecule has 1 aliphatic carbocycles. The maximum Gasteiger partial charge on any atom is 0.410 e. The van der Waals surface area contributed by atoms with E-state index in [4.69, 9.17) is 14.2 Å². The van der Waals surface area contributed by atoms with Crippen LogP contribution in [0.4, 0.5) is 10.5 Å². The molecular weight excluding hydrogens is 446 g/mol. The van der Waals surface area contributed by atoms with Crippen LogP contribution in [0.5, 0.6) is 0 Å². The molecular formula is C27H31N3O5. The average molecular weight is 478 g/mol. The summed E-state index contributed by atoms with van der Waals surface area (Å²) in [5, 5.41) is 11.0. The van der Waals surface area contributed by atoms with Gasteiger partial charge in [0.15, 0.2) is 6.10 Å². The molecule has 0 saturated carbocycles. The monoisotopic (exact) mass is 477 g/mol. The predicted octanol–water partition coefficient (Wildman–Crippen LogP) is 2.83. The molecule has 0 atom stereocenters. The number of hydrogen-bond acceptors (Lipinski definition) is 7. The molecule has 8 nitrogen and oxygen atoms in total. The molecule has 0 unspecified atom stereocenters. The van der Waals surface area contributed by atoms with Crippen LogP contribution in [0.3, 0.4) is 0 Å². The fraction of sp³-hybridized carbons (Fsp3) is 0.481. The summed E-state index contributed by atoms with van der Waals surface area (Å²) < 4.78 is 16.0. The highest BCUT2D eigenvalue weighted by molar-refractivity contribution is 5.92. The number of aromatic nitrogens is 1. The highest BCUT2D eigenvalue weighted by Gasteiger charge is 2.32. The molecule has 1 aromatic carbocycles. The van der Waals surface area contributed by atoms with Crippen LogP contribution in [0, 0.1) is 0 Å². The van der Waals surface area contributed by atoms with Crippen molar-refractivity contribution in [2.24, 2.45) is 0 Å². The molecule has 35 heavy (non-hydrogen) atoms. The second-order valence-corrected chi connectivity index (χ2v) is 9.78. The van der Waals surface area contributed by atoms with E-state index in [2.05, 4.69) is 34.2 Å².